The molecule has 1 saturated heterocycles. The highest BCUT2D eigenvalue weighted by Gasteiger charge is 2.19. The third-order valence-corrected chi connectivity index (χ3v) is 4.83. The lowest BCUT2D eigenvalue weighted by molar-refractivity contribution is -0.130. The van der Waals surface area contributed by atoms with E-state index in [9.17, 15) is 4.79 Å². The summed E-state index contributed by atoms with van der Waals surface area (Å²) in [7, 11) is 0. The minimum Gasteiger partial charge on any atom is -0.341 e. The number of carbonyl (C=O) groups excluding carboxylic acids is 1. The Hall–Kier alpha value is -1.72. The molecule has 4 nitrogen and oxygen atoms in total. The zero-order valence-electron chi connectivity index (χ0n) is 12.6. The number of carbonyl (C=O) groups is 1. The van der Waals surface area contributed by atoms with Gasteiger partial charge in [0.15, 0.2) is 0 Å². The summed E-state index contributed by atoms with van der Waals surface area (Å²) >= 11 is 1.66. The van der Waals surface area contributed by atoms with Gasteiger partial charge in [-0.05, 0) is 30.0 Å². The molecule has 1 aliphatic heterocycles. The van der Waals surface area contributed by atoms with E-state index in [1.165, 1.54) is 0 Å². The van der Waals surface area contributed by atoms with Crippen LogP contribution in [0.1, 0.15) is 17.0 Å². The van der Waals surface area contributed by atoms with Gasteiger partial charge in [0, 0.05) is 43.8 Å². The number of hydrogen-bond donors (Lipinski definition) is 0. The van der Waals surface area contributed by atoms with Crippen molar-refractivity contribution < 1.29 is 4.79 Å². The average Bonchev–Trinajstić information content (AvgIpc) is 2.93. The Kier molecular flexibility index (Phi) is 5.19. The molecule has 0 aromatic carbocycles. The van der Waals surface area contributed by atoms with Gasteiger partial charge >= 0.3 is 0 Å². The van der Waals surface area contributed by atoms with E-state index in [-0.39, 0.29) is 5.91 Å². The molecule has 1 fully saturated rings. The first-order chi connectivity index (χ1) is 10.8. The van der Waals surface area contributed by atoms with Crippen LogP contribution in [0.2, 0.25) is 0 Å². The molecule has 2 aromatic heterocycles. The zero-order chi connectivity index (χ0) is 15.2. The van der Waals surface area contributed by atoms with E-state index in [4.69, 9.17) is 0 Å². The maximum Gasteiger partial charge on any atom is 0.227 e. The van der Waals surface area contributed by atoms with Gasteiger partial charge in [-0.15, -0.1) is 11.3 Å². The Bertz CT molecular complexity index is 585. The van der Waals surface area contributed by atoms with Crippen LogP contribution < -0.4 is 0 Å². The molecule has 2 aromatic rings. The second-order valence-corrected chi connectivity index (χ2v) is 6.62. The molecule has 0 atom stereocenters. The molecule has 22 heavy (non-hydrogen) atoms. The number of thiophene rings is 1. The molecular formula is C17H21N3OS. The Morgan fingerprint density at radius 1 is 1.14 bits per heavy atom. The lowest BCUT2D eigenvalue weighted by Gasteiger charge is -2.21. The number of nitrogens with zero attached hydrogens (tertiary/aromatic N) is 3. The summed E-state index contributed by atoms with van der Waals surface area (Å²) in [6, 6.07) is 10.1. The highest BCUT2D eigenvalue weighted by atomic mass is 32.1. The van der Waals surface area contributed by atoms with Crippen LogP contribution in [0.4, 0.5) is 0 Å². The molecule has 1 amide bonds. The fourth-order valence-electron chi connectivity index (χ4n) is 2.77. The van der Waals surface area contributed by atoms with Crippen molar-refractivity contribution >= 4 is 17.2 Å². The SMILES string of the molecule is O=C(Cc1cccs1)N1CCCN(Cc2ccccn2)CC1. The summed E-state index contributed by atoms with van der Waals surface area (Å²) in [5.74, 6) is 0.252. The summed E-state index contributed by atoms with van der Waals surface area (Å²) in [6.07, 6.45) is 3.41. The van der Waals surface area contributed by atoms with Crippen LogP contribution in [0.3, 0.4) is 0 Å². The quantitative estimate of drug-likeness (QED) is 0.869. The summed E-state index contributed by atoms with van der Waals surface area (Å²) in [5, 5.41) is 2.03. The molecule has 116 valence electrons. The largest absolute Gasteiger partial charge is 0.341 e. The smallest absolute Gasteiger partial charge is 0.227 e. The van der Waals surface area contributed by atoms with E-state index in [2.05, 4.69) is 16.0 Å². The van der Waals surface area contributed by atoms with E-state index in [1.807, 2.05) is 40.7 Å². The fourth-order valence-corrected chi connectivity index (χ4v) is 3.47. The number of hydrogen-bond acceptors (Lipinski definition) is 4. The van der Waals surface area contributed by atoms with Crippen LogP contribution in [0.25, 0.3) is 0 Å². The molecule has 3 heterocycles. The number of aromatic nitrogens is 1. The predicted molar refractivity (Wildman–Crippen MR) is 88.7 cm³/mol. The number of rotatable bonds is 4. The first kappa shape index (κ1) is 15.2. The van der Waals surface area contributed by atoms with Crippen LogP contribution in [-0.2, 0) is 17.8 Å². The van der Waals surface area contributed by atoms with Gasteiger partial charge in [-0.25, -0.2) is 0 Å². The van der Waals surface area contributed by atoms with Gasteiger partial charge in [-0.1, -0.05) is 12.1 Å². The molecular weight excluding hydrogens is 294 g/mol. The lowest BCUT2D eigenvalue weighted by Crippen LogP contribution is -2.35. The normalized spacial score (nSPS) is 16.5. The fraction of sp³-hybridized carbons (Fsp3) is 0.412. The Labute approximate surface area is 135 Å². The van der Waals surface area contributed by atoms with Crippen molar-refractivity contribution in [3.63, 3.8) is 0 Å². The molecule has 1 aliphatic rings. The van der Waals surface area contributed by atoms with Crippen molar-refractivity contribution in [3.8, 4) is 0 Å². The van der Waals surface area contributed by atoms with E-state index >= 15 is 0 Å². The molecule has 0 N–H and O–H groups in total. The zero-order valence-corrected chi connectivity index (χ0v) is 13.5. The van der Waals surface area contributed by atoms with Crippen LogP contribution in [-0.4, -0.2) is 46.9 Å². The van der Waals surface area contributed by atoms with Crippen molar-refractivity contribution in [1.82, 2.24) is 14.8 Å². The topological polar surface area (TPSA) is 36.4 Å². The van der Waals surface area contributed by atoms with E-state index in [1.54, 1.807) is 11.3 Å². The van der Waals surface area contributed by atoms with Gasteiger partial charge in [0.1, 0.15) is 0 Å². The van der Waals surface area contributed by atoms with Crippen LogP contribution in [0, 0.1) is 0 Å². The maximum atomic E-state index is 12.4. The van der Waals surface area contributed by atoms with Crippen molar-refractivity contribution in [2.75, 3.05) is 26.2 Å². The molecule has 0 spiro atoms. The van der Waals surface area contributed by atoms with Gasteiger partial charge in [0.25, 0.3) is 0 Å². The maximum absolute atomic E-state index is 12.4. The van der Waals surface area contributed by atoms with Crippen molar-refractivity contribution in [3.05, 3.63) is 52.5 Å². The lowest BCUT2D eigenvalue weighted by atomic mass is 10.3. The summed E-state index contributed by atoms with van der Waals surface area (Å²) < 4.78 is 0. The van der Waals surface area contributed by atoms with Crippen molar-refractivity contribution in [2.24, 2.45) is 0 Å². The first-order valence-corrected chi connectivity index (χ1v) is 8.61. The first-order valence-electron chi connectivity index (χ1n) is 7.74. The second-order valence-electron chi connectivity index (χ2n) is 5.59. The summed E-state index contributed by atoms with van der Waals surface area (Å²) in [5.41, 5.74) is 1.10. The van der Waals surface area contributed by atoms with E-state index < -0.39 is 0 Å². The summed E-state index contributed by atoms with van der Waals surface area (Å²) in [4.78, 5) is 22.3. The van der Waals surface area contributed by atoms with E-state index in [0.717, 1.165) is 49.7 Å². The Morgan fingerprint density at radius 2 is 2.09 bits per heavy atom. The van der Waals surface area contributed by atoms with Crippen molar-refractivity contribution in [2.45, 2.75) is 19.4 Å². The number of amides is 1. The Balaban J connectivity index is 1.52. The summed E-state index contributed by atoms with van der Waals surface area (Å²) in [6.45, 7) is 4.50. The molecule has 0 aliphatic carbocycles. The van der Waals surface area contributed by atoms with Gasteiger partial charge in [0.05, 0.1) is 12.1 Å². The van der Waals surface area contributed by atoms with Crippen LogP contribution >= 0.6 is 11.3 Å². The third kappa shape index (κ3) is 4.15. The number of pyridine rings is 1. The highest BCUT2D eigenvalue weighted by molar-refractivity contribution is 7.10. The minimum atomic E-state index is 0.252. The van der Waals surface area contributed by atoms with Crippen LogP contribution in [0.15, 0.2) is 41.9 Å². The molecule has 0 saturated carbocycles. The van der Waals surface area contributed by atoms with Gasteiger partial charge in [-0.2, -0.15) is 0 Å². The minimum absolute atomic E-state index is 0.252. The molecule has 0 radical (unpaired) electrons. The third-order valence-electron chi connectivity index (χ3n) is 3.96. The van der Waals surface area contributed by atoms with Crippen molar-refractivity contribution in [1.29, 1.82) is 0 Å². The molecule has 3 rings (SSSR count). The van der Waals surface area contributed by atoms with Gasteiger partial charge in [0.2, 0.25) is 5.91 Å². The molecule has 5 heteroatoms. The average molecular weight is 315 g/mol. The Morgan fingerprint density at radius 3 is 2.86 bits per heavy atom. The van der Waals surface area contributed by atoms with E-state index in [0.29, 0.717) is 6.42 Å². The predicted octanol–water partition coefficient (Wildman–Crippen LogP) is 2.42. The monoisotopic (exact) mass is 315 g/mol. The standard InChI is InChI=1S/C17H21N3OS/c21-17(13-16-6-3-12-22-16)20-9-4-8-19(10-11-20)14-15-5-1-2-7-18-15/h1-3,5-7,12H,4,8-11,13-14H2. The highest BCUT2D eigenvalue weighted by Crippen LogP contribution is 2.13. The van der Waals surface area contributed by atoms with Crippen LogP contribution in [0.5, 0.6) is 0 Å². The van der Waals surface area contributed by atoms with Gasteiger partial charge in [-0.3, -0.25) is 14.7 Å². The molecule has 0 unspecified atom stereocenters. The second kappa shape index (κ2) is 7.51. The molecule has 0 bridgehead atoms. The van der Waals surface area contributed by atoms with Gasteiger partial charge < -0.3 is 4.90 Å².